The van der Waals surface area contributed by atoms with Gasteiger partial charge in [0.05, 0.1) is 39.9 Å². The average molecular weight is 563 g/mol. The highest BCUT2D eigenvalue weighted by Crippen LogP contribution is 2.35. The lowest BCUT2D eigenvalue weighted by atomic mass is 9.93. The molecule has 0 N–H and O–H groups in total. The van der Waals surface area contributed by atoms with Gasteiger partial charge in [-0.3, -0.25) is 14.2 Å². The highest BCUT2D eigenvalue weighted by Gasteiger charge is 2.36. The number of thiazole rings is 1. The Morgan fingerprint density at radius 3 is 2.24 bits per heavy atom. The van der Waals surface area contributed by atoms with Gasteiger partial charge >= 0.3 is 5.97 Å². The molecule has 9 heteroatoms. The maximum atomic E-state index is 14.1. The molecule has 2 aliphatic rings. The van der Waals surface area contributed by atoms with Gasteiger partial charge in [0, 0.05) is 5.56 Å². The molecule has 41 heavy (non-hydrogen) atoms. The molecule has 0 unspecified atom stereocenters. The molecule has 1 amide bonds. The summed E-state index contributed by atoms with van der Waals surface area (Å²) in [6.45, 7) is 3.70. The van der Waals surface area contributed by atoms with Crippen LogP contribution in [0.25, 0.3) is 11.8 Å². The van der Waals surface area contributed by atoms with Gasteiger partial charge < -0.3 is 4.74 Å². The number of aromatic nitrogens is 1. The van der Waals surface area contributed by atoms with E-state index in [0.717, 1.165) is 11.1 Å². The Kier molecular flexibility index (Phi) is 7.03. The van der Waals surface area contributed by atoms with Gasteiger partial charge in [0.25, 0.3) is 11.5 Å². The first-order chi connectivity index (χ1) is 20.0. The minimum Gasteiger partial charge on any atom is -0.463 e. The topological polar surface area (TPSA) is 93.3 Å². The van der Waals surface area contributed by atoms with Crippen molar-refractivity contribution in [2.45, 2.75) is 19.9 Å². The number of rotatable bonds is 6. The SMILES string of the molecule is CCOC(=O)C1=C(c2ccccc2)N=c2s/c(=C/[C@H]3C(=O)N(c4ccccc4)N=C3C)c(=O)n2[C@@H]1c1ccccc1. The largest absolute Gasteiger partial charge is 0.463 e. The number of carbonyl (C=O) groups excluding carboxylic acids is 2. The fourth-order valence-corrected chi connectivity index (χ4v) is 6.09. The van der Waals surface area contributed by atoms with Gasteiger partial charge in [0.2, 0.25) is 0 Å². The predicted molar refractivity (Wildman–Crippen MR) is 159 cm³/mol. The summed E-state index contributed by atoms with van der Waals surface area (Å²) in [4.78, 5) is 46.2. The summed E-state index contributed by atoms with van der Waals surface area (Å²) in [6.07, 6.45) is 1.66. The third kappa shape index (κ3) is 4.74. The number of carbonyl (C=O) groups is 2. The van der Waals surface area contributed by atoms with E-state index in [1.165, 1.54) is 20.9 Å². The minimum absolute atomic E-state index is 0.177. The molecular formula is C32H26N4O4S. The van der Waals surface area contributed by atoms with Gasteiger partial charge in [-0.05, 0) is 37.6 Å². The molecule has 6 rings (SSSR count). The molecule has 0 fully saturated rings. The van der Waals surface area contributed by atoms with Crippen molar-refractivity contribution in [2.75, 3.05) is 11.6 Å². The number of amides is 1. The molecule has 8 nitrogen and oxygen atoms in total. The van der Waals surface area contributed by atoms with Crippen LogP contribution in [-0.4, -0.2) is 28.8 Å². The quantitative estimate of drug-likeness (QED) is 0.333. The van der Waals surface area contributed by atoms with Crippen LogP contribution in [0, 0.1) is 5.92 Å². The first kappa shape index (κ1) is 26.3. The molecule has 0 radical (unpaired) electrons. The van der Waals surface area contributed by atoms with Gasteiger partial charge in [-0.2, -0.15) is 10.1 Å². The number of esters is 1. The van der Waals surface area contributed by atoms with Crippen LogP contribution in [0.1, 0.15) is 31.0 Å². The number of ether oxygens (including phenoxy) is 1. The van der Waals surface area contributed by atoms with Crippen molar-refractivity contribution in [1.82, 2.24) is 4.57 Å². The number of para-hydroxylation sites is 1. The molecule has 0 saturated carbocycles. The van der Waals surface area contributed by atoms with E-state index in [1.807, 2.05) is 91.0 Å². The van der Waals surface area contributed by atoms with E-state index in [9.17, 15) is 14.4 Å². The highest BCUT2D eigenvalue weighted by molar-refractivity contribution is 7.07. The van der Waals surface area contributed by atoms with Gasteiger partial charge in [-0.25, -0.2) is 9.79 Å². The zero-order chi connectivity index (χ0) is 28.5. The third-order valence-corrected chi connectivity index (χ3v) is 7.99. The molecule has 0 bridgehead atoms. The number of fused-ring (bicyclic) bond motifs is 1. The smallest absolute Gasteiger partial charge is 0.338 e. The van der Waals surface area contributed by atoms with Crippen LogP contribution in [0.3, 0.4) is 0 Å². The fourth-order valence-electron chi connectivity index (χ4n) is 5.08. The zero-order valence-corrected chi connectivity index (χ0v) is 23.2. The van der Waals surface area contributed by atoms with E-state index >= 15 is 0 Å². The van der Waals surface area contributed by atoms with Crippen LogP contribution in [0.4, 0.5) is 5.69 Å². The Hall–Kier alpha value is -4.89. The van der Waals surface area contributed by atoms with Crippen LogP contribution in [0.5, 0.6) is 0 Å². The number of nitrogens with zero attached hydrogens (tertiary/aromatic N) is 4. The number of anilines is 1. The number of hydrogen-bond donors (Lipinski definition) is 0. The molecule has 2 aliphatic heterocycles. The normalized spacial score (nSPS) is 18.7. The van der Waals surface area contributed by atoms with E-state index in [4.69, 9.17) is 9.73 Å². The van der Waals surface area contributed by atoms with Crippen molar-refractivity contribution in [3.05, 3.63) is 127 Å². The summed E-state index contributed by atoms with van der Waals surface area (Å²) in [6, 6.07) is 27.2. The maximum Gasteiger partial charge on any atom is 0.338 e. The van der Waals surface area contributed by atoms with Crippen LogP contribution < -0.4 is 19.9 Å². The summed E-state index contributed by atoms with van der Waals surface area (Å²) in [7, 11) is 0. The lowest BCUT2D eigenvalue weighted by Gasteiger charge is -2.25. The van der Waals surface area contributed by atoms with Gasteiger partial charge in [-0.15, -0.1) is 0 Å². The van der Waals surface area contributed by atoms with Crippen molar-refractivity contribution in [3.63, 3.8) is 0 Å². The van der Waals surface area contributed by atoms with Gasteiger partial charge in [0.15, 0.2) is 4.80 Å². The second-order valence-corrected chi connectivity index (χ2v) is 10.6. The summed E-state index contributed by atoms with van der Waals surface area (Å²) in [5, 5.41) is 5.84. The monoisotopic (exact) mass is 562 g/mol. The molecule has 2 atom stereocenters. The Bertz CT molecular complexity index is 1880. The van der Waals surface area contributed by atoms with Crippen molar-refractivity contribution >= 4 is 46.4 Å². The van der Waals surface area contributed by atoms with Crippen LogP contribution in [0.2, 0.25) is 0 Å². The average Bonchev–Trinajstić information content (AvgIpc) is 3.48. The lowest BCUT2D eigenvalue weighted by Crippen LogP contribution is -2.40. The molecule has 0 spiro atoms. The van der Waals surface area contributed by atoms with E-state index in [1.54, 1.807) is 19.9 Å². The first-order valence-corrected chi connectivity index (χ1v) is 14.1. The minimum atomic E-state index is -0.765. The summed E-state index contributed by atoms with van der Waals surface area (Å²) in [5.41, 5.74) is 3.13. The van der Waals surface area contributed by atoms with Crippen molar-refractivity contribution in [2.24, 2.45) is 16.0 Å². The van der Waals surface area contributed by atoms with Gasteiger partial charge in [-0.1, -0.05) is 90.2 Å². The van der Waals surface area contributed by atoms with Crippen molar-refractivity contribution in [3.8, 4) is 0 Å². The van der Waals surface area contributed by atoms with E-state index in [-0.39, 0.29) is 23.6 Å². The summed E-state index contributed by atoms with van der Waals surface area (Å²) < 4.78 is 7.38. The Morgan fingerprint density at radius 2 is 1.59 bits per heavy atom. The first-order valence-electron chi connectivity index (χ1n) is 13.3. The molecule has 204 valence electrons. The Labute approximate surface area is 239 Å². The second kappa shape index (κ2) is 10.9. The predicted octanol–water partition coefficient (Wildman–Crippen LogP) is 3.93. The summed E-state index contributed by atoms with van der Waals surface area (Å²) >= 11 is 1.19. The molecule has 3 aromatic carbocycles. The molecule has 4 aromatic rings. The molecule has 0 aliphatic carbocycles. The van der Waals surface area contributed by atoms with Crippen LogP contribution in [-0.2, 0) is 14.3 Å². The Morgan fingerprint density at radius 1 is 0.951 bits per heavy atom. The second-order valence-electron chi connectivity index (χ2n) is 9.57. The van der Waals surface area contributed by atoms with Crippen LogP contribution >= 0.6 is 11.3 Å². The molecule has 1 aromatic heterocycles. The van der Waals surface area contributed by atoms with E-state index in [0.29, 0.717) is 26.4 Å². The summed E-state index contributed by atoms with van der Waals surface area (Å²) in [5.74, 6) is -1.48. The Balaban J connectivity index is 1.55. The molecular weight excluding hydrogens is 536 g/mol. The van der Waals surface area contributed by atoms with Crippen molar-refractivity contribution in [1.29, 1.82) is 0 Å². The molecule has 3 heterocycles. The fraction of sp³-hybridized carbons (Fsp3) is 0.156. The number of benzene rings is 3. The highest BCUT2D eigenvalue weighted by atomic mass is 32.1. The lowest BCUT2D eigenvalue weighted by molar-refractivity contribution is -0.138. The maximum absolute atomic E-state index is 14.1. The van der Waals surface area contributed by atoms with Crippen LogP contribution in [0.15, 0.2) is 111 Å². The van der Waals surface area contributed by atoms with E-state index < -0.39 is 17.9 Å². The molecule has 0 saturated heterocycles. The number of hydrogen-bond acceptors (Lipinski definition) is 7. The van der Waals surface area contributed by atoms with Crippen molar-refractivity contribution < 1.29 is 14.3 Å². The zero-order valence-electron chi connectivity index (χ0n) is 22.4. The number of hydrazone groups is 1. The van der Waals surface area contributed by atoms with E-state index in [2.05, 4.69) is 5.10 Å². The third-order valence-electron chi connectivity index (χ3n) is 6.99. The standard InChI is InChI=1S/C32H26N4O4S/c1-3-40-31(39)26-27(21-13-7-4-8-14-21)33-32-35(28(26)22-15-9-5-10-16-22)30(38)25(41-32)19-24-20(2)34-36(29(24)37)23-17-11-6-12-18-23/h4-19,24,28H,3H2,1-2H3/b25-19+/t24-,28-/m1/s1. The van der Waals surface area contributed by atoms with Gasteiger partial charge in [0.1, 0.15) is 5.92 Å².